The van der Waals surface area contributed by atoms with Crippen LogP contribution in [0, 0.1) is 16.7 Å². The highest BCUT2D eigenvalue weighted by Gasteiger charge is 2.35. The van der Waals surface area contributed by atoms with Crippen LogP contribution in [0.2, 0.25) is 0 Å². The highest BCUT2D eigenvalue weighted by molar-refractivity contribution is 5.03. The average molecular weight is 123 g/mol. The first-order valence-electron chi connectivity index (χ1n) is 3.74. The van der Waals surface area contributed by atoms with Gasteiger partial charge in [-0.25, -0.2) is 0 Å². The van der Waals surface area contributed by atoms with Gasteiger partial charge in [0.15, 0.2) is 0 Å². The molecule has 0 aromatic heterocycles. The molecule has 1 aliphatic rings. The Morgan fingerprint density at radius 3 is 2.33 bits per heavy atom. The van der Waals surface area contributed by atoms with Crippen molar-refractivity contribution in [3.8, 4) is 6.07 Å². The quantitative estimate of drug-likeness (QED) is 0.553. The third kappa shape index (κ3) is 1.08. The first-order chi connectivity index (χ1) is 4.33. The van der Waals surface area contributed by atoms with Gasteiger partial charge in [0.2, 0.25) is 0 Å². The smallest absolute Gasteiger partial charge is 0.0689 e. The fraction of sp³-hybridized carbons (Fsp3) is 0.875. The molecule has 0 aliphatic heterocycles. The number of rotatable bonds is 2. The molecule has 1 aliphatic carbocycles. The maximum Gasteiger partial charge on any atom is 0.0689 e. The van der Waals surface area contributed by atoms with Crippen LogP contribution >= 0.6 is 0 Å². The molecule has 0 aromatic rings. The number of nitrogens with zero attached hydrogens (tertiary/aromatic N) is 1. The van der Waals surface area contributed by atoms with Gasteiger partial charge in [0.05, 0.1) is 11.5 Å². The molecule has 0 bridgehead atoms. The highest BCUT2D eigenvalue weighted by atomic mass is 14.4. The van der Waals surface area contributed by atoms with Crippen molar-refractivity contribution in [2.45, 2.75) is 39.0 Å². The minimum absolute atomic E-state index is 0.120. The maximum absolute atomic E-state index is 8.72. The topological polar surface area (TPSA) is 23.8 Å². The van der Waals surface area contributed by atoms with Gasteiger partial charge >= 0.3 is 0 Å². The van der Waals surface area contributed by atoms with Crippen LogP contribution < -0.4 is 0 Å². The summed E-state index contributed by atoms with van der Waals surface area (Å²) in [6, 6.07) is 2.42. The van der Waals surface area contributed by atoms with Crippen molar-refractivity contribution in [1.29, 1.82) is 5.26 Å². The second kappa shape index (κ2) is 2.39. The van der Waals surface area contributed by atoms with Crippen LogP contribution in [0.15, 0.2) is 0 Å². The van der Waals surface area contributed by atoms with E-state index in [2.05, 4.69) is 13.0 Å². The van der Waals surface area contributed by atoms with E-state index in [1.54, 1.807) is 0 Å². The number of hydrogen-bond acceptors (Lipinski definition) is 1. The van der Waals surface area contributed by atoms with Gasteiger partial charge in [0, 0.05) is 0 Å². The Balaban J connectivity index is 2.40. The Morgan fingerprint density at radius 1 is 1.56 bits per heavy atom. The molecule has 0 heterocycles. The van der Waals surface area contributed by atoms with Crippen molar-refractivity contribution in [2.24, 2.45) is 5.41 Å². The van der Waals surface area contributed by atoms with Gasteiger partial charge in [-0.3, -0.25) is 0 Å². The van der Waals surface area contributed by atoms with Gasteiger partial charge in [-0.15, -0.1) is 0 Å². The minimum Gasteiger partial charge on any atom is -0.198 e. The van der Waals surface area contributed by atoms with E-state index in [0.29, 0.717) is 0 Å². The van der Waals surface area contributed by atoms with Gasteiger partial charge < -0.3 is 0 Å². The van der Waals surface area contributed by atoms with E-state index in [4.69, 9.17) is 5.26 Å². The zero-order valence-corrected chi connectivity index (χ0v) is 5.98. The van der Waals surface area contributed by atoms with Crippen molar-refractivity contribution >= 4 is 0 Å². The van der Waals surface area contributed by atoms with Gasteiger partial charge in [-0.2, -0.15) is 5.26 Å². The van der Waals surface area contributed by atoms with Gasteiger partial charge in [-0.05, 0) is 19.3 Å². The molecule has 1 saturated carbocycles. The molecular formula is C8H13N. The Kier molecular flexibility index (Phi) is 1.75. The van der Waals surface area contributed by atoms with Crippen LogP contribution in [0.5, 0.6) is 0 Å². The normalized spacial score (nSPS) is 22.2. The van der Waals surface area contributed by atoms with E-state index in [-0.39, 0.29) is 5.41 Å². The molecule has 0 aromatic carbocycles. The molecule has 9 heavy (non-hydrogen) atoms. The third-order valence-corrected chi connectivity index (χ3v) is 2.28. The predicted molar refractivity (Wildman–Crippen MR) is 36.8 cm³/mol. The first-order valence-corrected chi connectivity index (χ1v) is 3.74. The Bertz CT molecular complexity index is 128. The zero-order valence-electron chi connectivity index (χ0n) is 5.98. The molecule has 1 rings (SSSR count). The zero-order chi connectivity index (χ0) is 6.74. The monoisotopic (exact) mass is 123 g/mol. The van der Waals surface area contributed by atoms with Crippen molar-refractivity contribution in [1.82, 2.24) is 0 Å². The van der Waals surface area contributed by atoms with E-state index in [1.165, 1.54) is 6.42 Å². The summed E-state index contributed by atoms with van der Waals surface area (Å²) in [5.74, 6) is 0. The van der Waals surface area contributed by atoms with Gasteiger partial charge in [-0.1, -0.05) is 19.8 Å². The van der Waals surface area contributed by atoms with Crippen LogP contribution in [-0.4, -0.2) is 0 Å². The molecule has 0 spiro atoms. The van der Waals surface area contributed by atoms with E-state index >= 15 is 0 Å². The molecule has 1 heteroatoms. The Morgan fingerprint density at radius 2 is 2.22 bits per heavy atom. The van der Waals surface area contributed by atoms with Crippen LogP contribution in [0.4, 0.5) is 0 Å². The molecule has 0 saturated heterocycles. The second-order valence-electron chi connectivity index (χ2n) is 3.00. The molecule has 0 radical (unpaired) electrons. The molecule has 1 fully saturated rings. The lowest BCUT2D eigenvalue weighted by molar-refractivity contribution is 0.196. The van der Waals surface area contributed by atoms with Crippen molar-refractivity contribution < 1.29 is 0 Å². The van der Waals surface area contributed by atoms with Crippen molar-refractivity contribution in [2.75, 3.05) is 0 Å². The van der Waals surface area contributed by atoms with E-state index in [9.17, 15) is 0 Å². The summed E-state index contributed by atoms with van der Waals surface area (Å²) in [6.07, 6.45) is 5.85. The molecular weight excluding hydrogens is 110 g/mol. The number of nitriles is 1. The molecule has 0 unspecified atom stereocenters. The van der Waals surface area contributed by atoms with Crippen LogP contribution in [0.1, 0.15) is 39.0 Å². The first kappa shape index (κ1) is 6.61. The fourth-order valence-electron chi connectivity index (χ4n) is 1.50. The maximum atomic E-state index is 8.72. The summed E-state index contributed by atoms with van der Waals surface area (Å²) in [6.45, 7) is 2.15. The summed E-state index contributed by atoms with van der Waals surface area (Å²) < 4.78 is 0. The SMILES string of the molecule is CCCC1(C#N)CCC1. The molecule has 50 valence electrons. The fourth-order valence-corrected chi connectivity index (χ4v) is 1.50. The summed E-state index contributed by atoms with van der Waals surface area (Å²) >= 11 is 0. The Labute approximate surface area is 56.7 Å². The Hall–Kier alpha value is -0.510. The van der Waals surface area contributed by atoms with Crippen LogP contribution in [0.3, 0.4) is 0 Å². The number of hydrogen-bond donors (Lipinski definition) is 0. The summed E-state index contributed by atoms with van der Waals surface area (Å²) in [7, 11) is 0. The van der Waals surface area contributed by atoms with E-state index in [0.717, 1.165) is 25.7 Å². The minimum atomic E-state index is 0.120. The second-order valence-corrected chi connectivity index (χ2v) is 3.00. The van der Waals surface area contributed by atoms with Crippen LogP contribution in [-0.2, 0) is 0 Å². The summed E-state index contributed by atoms with van der Waals surface area (Å²) in [4.78, 5) is 0. The highest BCUT2D eigenvalue weighted by Crippen LogP contribution is 2.43. The third-order valence-electron chi connectivity index (χ3n) is 2.28. The largest absolute Gasteiger partial charge is 0.198 e. The lowest BCUT2D eigenvalue weighted by Gasteiger charge is -2.34. The molecule has 0 N–H and O–H groups in total. The average Bonchev–Trinajstić information content (AvgIpc) is 1.79. The van der Waals surface area contributed by atoms with E-state index < -0.39 is 0 Å². The van der Waals surface area contributed by atoms with Gasteiger partial charge in [0.25, 0.3) is 0 Å². The van der Waals surface area contributed by atoms with Crippen LogP contribution in [0.25, 0.3) is 0 Å². The predicted octanol–water partition coefficient (Wildman–Crippen LogP) is 2.48. The molecule has 0 amide bonds. The summed E-state index contributed by atoms with van der Waals surface area (Å²) in [5, 5.41) is 8.72. The molecule has 1 nitrogen and oxygen atoms in total. The van der Waals surface area contributed by atoms with Gasteiger partial charge in [0.1, 0.15) is 0 Å². The summed E-state index contributed by atoms with van der Waals surface area (Å²) in [5.41, 5.74) is 0.120. The van der Waals surface area contributed by atoms with E-state index in [1.807, 2.05) is 0 Å². The van der Waals surface area contributed by atoms with Crippen molar-refractivity contribution in [3.63, 3.8) is 0 Å². The van der Waals surface area contributed by atoms with Crippen molar-refractivity contribution in [3.05, 3.63) is 0 Å². The lowest BCUT2D eigenvalue weighted by atomic mass is 9.67. The standard InChI is InChI=1S/C8H13N/c1-2-4-8(7-9)5-3-6-8/h2-6H2,1H3. The molecule has 0 atom stereocenters. The lowest BCUT2D eigenvalue weighted by Crippen LogP contribution is -2.26.